The molecular formula is C12H12Cl2N2O2. The first-order valence-electron chi connectivity index (χ1n) is 5.23. The van der Waals surface area contributed by atoms with Gasteiger partial charge in [0, 0.05) is 17.1 Å². The predicted octanol–water partition coefficient (Wildman–Crippen LogP) is 2.82. The molecule has 1 aromatic carbocycles. The number of hydrogen-bond donors (Lipinski definition) is 1. The van der Waals surface area contributed by atoms with Crippen molar-refractivity contribution in [3.8, 4) is 5.75 Å². The lowest BCUT2D eigenvalue weighted by molar-refractivity contribution is 0.204. The standard InChI is InChI=1S/C12H12Cl2N2O2/c1-16-11(10(18-2)6-15-16)12(17)7-3-8(13)5-9(14)4-7/h3-6,12,17H,1-2H3. The summed E-state index contributed by atoms with van der Waals surface area (Å²) >= 11 is 11.8. The van der Waals surface area contributed by atoms with Crippen LogP contribution < -0.4 is 4.74 Å². The lowest BCUT2D eigenvalue weighted by Crippen LogP contribution is -2.08. The van der Waals surface area contributed by atoms with E-state index in [1.807, 2.05) is 0 Å². The zero-order valence-corrected chi connectivity index (χ0v) is 11.4. The Kier molecular flexibility index (Phi) is 3.80. The van der Waals surface area contributed by atoms with Crippen LogP contribution in [-0.4, -0.2) is 22.0 Å². The van der Waals surface area contributed by atoms with Gasteiger partial charge in [0.2, 0.25) is 0 Å². The van der Waals surface area contributed by atoms with Gasteiger partial charge in [0.05, 0.1) is 13.3 Å². The number of halogens is 2. The second kappa shape index (κ2) is 5.18. The smallest absolute Gasteiger partial charge is 0.162 e. The summed E-state index contributed by atoms with van der Waals surface area (Å²) in [5, 5.41) is 15.3. The van der Waals surface area contributed by atoms with Crippen molar-refractivity contribution >= 4 is 23.2 Å². The molecule has 96 valence electrons. The van der Waals surface area contributed by atoms with Crippen LogP contribution >= 0.6 is 23.2 Å². The molecule has 1 heterocycles. The molecule has 2 rings (SSSR count). The minimum atomic E-state index is -0.899. The fraction of sp³-hybridized carbons (Fsp3) is 0.250. The molecule has 2 aromatic rings. The molecule has 18 heavy (non-hydrogen) atoms. The maximum Gasteiger partial charge on any atom is 0.162 e. The number of ether oxygens (including phenoxy) is 1. The molecule has 1 unspecified atom stereocenters. The molecule has 0 aliphatic carbocycles. The molecule has 1 N–H and O–H groups in total. The Morgan fingerprint density at radius 3 is 2.44 bits per heavy atom. The monoisotopic (exact) mass is 286 g/mol. The van der Waals surface area contributed by atoms with Crippen molar-refractivity contribution in [1.29, 1.82) is 0 Å². The Bertz CT molecular complexity index is 549. The van der Waals surface area contributed by atoms with Crippen LogP contribution in [0.1, 0.15) is 17.4 Å². The second-order valence-corrected chi connectivity index (χ2v) is 4.70. The fourth-order valence-corrected chi connectivity index (χ4v) is 2.33. The van der Waals surface area contributed by atoms with Crippen molar-refractivity contribution in [3.05, 3.63) is 45.7 Å². The zero-order valence-electron chi connectivity index (χ0n) is 9.89. The SMILES string of the molecule is COc1cnn(C)c1C(O)c1cc(Cl)cc(Cl)c1. The molecule has 1 aromatic heterocycles. The van der Waals surface area contributed by atoms with Gasteiger partial charge in [-0.25, -0.2) is 0 Å². The van der Waals surface area contributed by atoms with Crippen molar-refractivity contribution < 1.29 is 9.84 Å². The molecule has 0 saturated heterocycles. The maximum atomic E-state index is 10.4. The maximum absolute atomic E-state index is 10.4. The summed E-state index contributed by atoms with van der Waals surface area (Å²) in [5.41, 5.74) is 1.14. The van der Waals surface area contributed by atoms with E-state index in [-0.39, 0.29) is 0 Å². The molecule has 0 fully saturated rings. The normalized spacial score (nSPS) is 12.5. The summed E-state index contributed by atoms with van der Waals surface area (Å²) < 4.78 is 6.71. The molecular weight excluding hydrogens is 275 g/mol. The van der Waals surface area contributed by atoms with Crippen molar-refractivity contribution in [2.45, 2.75) is 6.10 Å². The minimum absolute atomic E-state index is 0.470. The van der Waals surface area contributed by atoms with Crippen LogP contribution in [0.4, 0.5) is 0 Å². The summed E-state index contributed by atoms with van der Waals surface area (Å²) in [4.78, 5) is 0. The van der Waals surface area contributed by atoms with E-state index in [9.17, 15) is 5.11 Å². The molecule has 0 saturated carbocycles. The Morgan fingerprint density at radius 1 is 1.28 bits per heavy atom. The number of nitrogens with zero attached hydrogens (tertiary/aromatic N) is 2. The molecule has 4 nitrogen and oxygen atoms in total. The summed E-state index contributed by atoms with van der Waals surface area (Å²) in [5.74, 6) is 0.515. The number of hydrogen-bond acceptors (Lipinski definition) is 3. The van der Waals surface area contributed by atoms with Crippen molar-refractivity contribution in [2.75, 3.05) is 7.11 Å². The van der Waals surface area contributed by atoms with Gasteiger partial charge in [-0.15, -0.1) is 0 Å². The number of aliphatic hydroxyl groups excluding tert-OH is 1. The number of aromatic nitrogens is 2. The third-order valence-corrected chi connectivity index (χ3v) is 3.07. The van der Waals surface area contributed by atoms with E-state index in [0.717, 1.165) is 0 Å². The lowest BCUT2D eigenvalue weighted by Gasteiger charge is -2.14. The van der Waals surface area contributed by atoms with Crippen molar-refractivity contribution in [3.63, 3.8) is 0 Å². The van der Waals surface area contributed by atoms with E-state index < -0.39 is 6.10 Å². The molecule has 0 bridgehead atoms. The first-order valence-corrected chi connectivity index (χ1v) is 5.98. The molecule has 0 amide bonds. The van der Waals surface area contributed by atoms with Crippen LogP contribution in [0.2, 0.25) is 10.0 Å². The average molecular weight is 287 g/mol. The van der Waals surface area contributed by atoms with Crippen LogP contribution in [0.3, 0.4) is 0 Å². The third-order valence-electron chi connectivity index (χ3n) is 2.63. The highest BCUT2D eigenvalue weighted by atomic mass is 35.5. The molecule has 0 aliphatic heterocycles. The third kappa shape index (κ3) is 2.46. The summed E-state index contributed by atoms with van der Waals surface area (Å²) in [6, 6.07) is 4.93. The highest BCUT2D eigenvalue weighted by Crippen LogP contribution is 2.32. The van der Waals surface area contributed by atoms with Crippen LogP contribution in [0, 0.1) is 0 Å². The van der Waals surface area contributed by atoms with Gasteiger partial charge in [-0.2, -0.15) is 5.10 Å². The zero-order chi connectivity index (χ0) is 13.3. The quantitative estimate of drug-likeness (QED) is 0.944. The molecule has 0 radical (unpaired) electrons. The van der Waals surface area contributed by atoms with Crippen LogP contribution in [-0.2, 0) is 7.05 Å². The molecule has 0 spiro atoms. The van der Waals surface area contributed by atoms with Crippen LogP contribution in [0.25, 0.3) is 0 Å². The average Bonchev–Trinajstić information content (AvgIpc) is 2.68. The van der Waals surface area contributed by atoms with E-state index in [0.29, 0.717) is 27.1 Å². The highest BCUT2D eigenvalue weighted by molar-refractivity contribution is 6.34. The highest BCUT2D eigenvalue weighted by Gasteiger charge is 2.20. The van der Waals surface area contributed by atoms with Gasteiger partial charge >= 0.3 is 0 Å². The van der Waals surface area contributed by atoms with Crippen LogP contribution in [0.15, 0.2) is 24.4 Å². The summed E-state index contributed by atoms with van der Waals surface area (Å²) in [7, 11) is 3.26. The number of benzene rings is 1. The van der Waals surface area contributed by atoms with Crippen LogP contribution in [0.5, 0.6) is 5.75 Å². The Hall–Kier alpha value is -1.23. The number of aryl methyl sites for hydroxylation is 1. The lowest BCUT2D eigenvalue weighted by atomic mass is 10.1. The first kappa shape index (κ1) is 13.2. The largest absolute Gasteiger partial charge is 0.493 e. The van der Waals surface area contributed by atoms with Gasteiger partial charge in [-0.05, 0) is 23.8 Å². The van der Waals surface area contributed by atoms with Gasteiger partial charge in [0.1, 0.15) is 11.8 Å². The summed E-state index contributed by atoms with van der Waals surface area (Å²) in [6.45, 7) is 0. The van der Waals surface area contributed by atoms with Gasteiger partial charge in [-0.3, -0.25) is 4.68 Å². The topological polar surface area (TPSA) is 47.3 Å². The Morgan fingerprint density at radius 2 is 1.89 bits per heavy atom. The first-order chi connectivity index (χ1) is 8.52. The van der Waals surface area contributed by atoms with E-state index >= 15 is 0 Å². The molecule has 6 heteroatoms. The molecule has 0 aliphatic rings. The predicted molar refractivity (Wildman–Crippen MR) is 70.3 cm³/mol. The van der Waals surface area contributed by atoms with E-state index in [2.05, 4.69) is 5.10 Å². The molecule has 1 atom stereocenters. The Labute approximate surface area is 115 Å². The van der Waals surface area contributed by atoms with Gasteiger partial charge in [0.15, 0.2) is 5.75 Å². The second-order valence-electron chi connectivity index (χ2n) is 3.83. The number of rotatable bonds is 3. The van der Waals surface area contributed by atoms with Gasteiger partial charge in [-0.1, -0.05) is 23.2 Å². The van der Waals surface area contributed by atoms with E-state index in [1.165, 1.54) is 7.11 Å². The van der Waals surface area contributed by atoms with E-state index in [1.54, 1.807) is 36.1 Å². The van der Waals surface area contributed by atoms with Gasteiger partial charge < -0.3 is 9.84 Å². The van der Waals surface area contributed by atoms with Crippen molar-refractivity contribution in [1.82, 2.24) is 9.78 Å². The van der Waals surface area contributed by atoms with E-state index in [4.69, 9.17) is 27.9 Å². The number of methoxy groups -OCH3 is 1. The Balaban J connectivity index is 2.47. The number of aliphatic hydroxyl groups is 1. The fourth-order valence-electron chi connectivity index (χ4n) is 1.79. The minimum Gasteiger partial charge on any atom is -0.493 e. The van der Waals surface area contributed by atoms with Crippen molar-refractivity contribution in [2.24, 2.45) is 7.05 Å². The van der Waals surface area contributed by atoms with Gasteiger partial charge in [0.25, 0.3) is 0 Å². The summed E-state index contributed by atoms with van der Waals surface area (Å²) in [6.07, 6.45) is 0.647.